The highest BCUT2D eigenvalue weighted by atomic mass is 32.1. The molecule has 0 unspecified atom stereocenters. The normalized spacial score (nSPS) is 24.8. The van der Waals surface area contributed by atoms with E-state index < -0.39 is 0 Å². The number of rotatable bonds is 4. The molecule has 0 spiro atoms. The van der Waals surface area contributed by atoms with Crippen LogP contribution in [0.5, 0.6) is 5.75 Å². The number of carbonyl (C=O) groups is 1. The highest BCUT2D eigenvalue weighted by molar-refractivity contribution is 7.03. The van der Waals surface area contributed by atoms with Gasteiger partial charge in [-0.2, -0.15) is 5.26 Å². The van der Waals surface area contributed by atoms with Crippen LogP contribution in [0.3, 0.4) is 0 Å². The molecule has 2 aromatic rings. The molecule has 2 aliphatic rings. The maximum Gasteiger partial charge on any atom is 0.275 e. The number of amides is 1. The van der Waals surface area contributed by atoms with E-state index in [1.165, 1.54) is 11.5 Å². The minimum absolute atomic E-state index is 0.0603. The maximum atomic E-state index is 12.4. The second-order valence-electron chi connectivity index (χ2n) is 6.24. The summed E-state index contributed by atoms with van der Waals surface area (Å²) in [5, 5.41) is 14.3. The van der Waals surface area contributed by atoms with Crippen LogP contribution in [0.1, 0.15) is 16.1 Å². The van der Waals surface area contributed by atoms with Crippen LogP contribution in [0.4, 0.5) is 0 Å². The standard InChI is InChI=1S/C17H16N4O3S/c18-5-11-1-3-13(4-2-11)23-8-12-9-24-16-7-21(6-14(12)16)17(22)15-10-25-20-19-15/h1-4,10,12,14,16H,6-9H2/t12-,14-,16-/m1/s1. The molecule has 3 heterocycles. The molecule has 25 heavy (non-hydrogen) atoms. The van der Waals surface area contributed by atoms with Gasteiger partial charge >= 0.3 is 0 Å². The number of fused-ring (bicyclic) bond motifs is 1. The Kier molecular flexibility index (Phi) is 4.34. The monoisotopic (exact) mass is 356 g/mol. The molecule has 0 bridgehead atoms. The van der Waals surface area contributed by atoms with Crippen LogP contribution in [0, 0.1) is 23.2 Å². The fraction of sp³-hybridized carbons (Fsp3) is 0.412. The Morgan fingerprint density at radius 2 is 2.24 bits per heavy atom. The Labute approximate surface area is 148 Å². The third-order valence-corrected chi connectivity index (χ3v) is 5.26. The number of nitriles is 1. The summed E-state index contributed by atoms with van der Waals surface area (Å²) in [6.45, 7) is 2.43. The van der Waals surface area contributed by atoms with Gasteiger partial charge in [-0.3, -0.25) is 4.79 Å². The molecule has 2 saturated heterocycles. The van der Waals surface area contributed by atoms with Crippen molar-refractivity contribution in [1.82, 2.24) is 14.5 Å². The lowest BCUT2D eigenvalue weighted by atomic mass is 9.94. The van der Waals surface area contributed by atoms with E-state index >= 15 is 0 Å². The summed E-state index contributed by atoms with van der Waals surface area (Å²) in [7, 11) is 0. The molecule has 128 valence electrons. The number of benzene rings is 1. The van der Waals surface area contributed by atoms with Crippen molar-refractivity contribution in [1.29, 1.82) is 5.26 Å². The van der Waals surface area contributed by atoms with E-state index in [0.29, 0.717) is 37.6 Å². The largest absolute Gasteiger partial charge is 0.493 e. The number of hydrogen-bond donors (Lipinski definition) is 0. The number of likely N-dealkylation sites (tertiary alicyclic amines) is 1. The molecule has 2 fully saturated rings. The third kappa shape index (κ3) is 3.21. The van der Waals surface area contributed by atoms with E-state index in [1.54, 1.807) is 34.5 Å². The number of carbonyl (C=O) groups excluding carboxylic acids is 1. The van der Waals surface area contributed by atoms with E-state index in [1.807, 2.05) is 0 Å². The summed E-state index contributed by atoms with van der Waals surface area (Å²) in [5.41, 5.74) is 1.01. The Balaban J connectivity index is 1.35. The van der Waals surface area contributed by atoms with Gasteiger partial charge in [0.25, 0.3) is 5.91 Å². The average molecular weight is 356 g/mol. The van der Waals surface area contributed by atoms with Gasteiger partial charge < -0.3 is 14.4 Å². The summed E-state index contributed by atoms with van der Waals surface area (Å²) in [4.78, 5) is 14.2. The Hall–Kier alpha value is -2.50. The van der Waals surface area contributed by atoms with E-state index in [9.17, 15) is 4.79 Å². The number of hydrogen-bond acceptors (Lipinski definition) is 7. The van der Waals surface area contributed by atoms with Crippen LogP contribution in [0.15, 0.2) is 29.6 Å². The quantitative estimate of drug-likeness (QED) is 0.826. The highest BCUT2D eigenvalue weighted by Crippen LogP contribution is 2.34. The average Bonchev–Trinajstić information content (AvgIpc) is 3.37. The van der Waals surface area contributed by atoms with Gasteiger partial charge in [0, 0.05) is 30.3 Å². The van der Waals surface area contributed by atoms with Crippen LogP contribution in [0.25, 0.3) is 0 Å². The smallest absolute Gasteiger partial charge is 0.275 e. The predicted molar refractivity (Wildman–Crippen MR) is 89.2 cm³/mol. The predicted octanol–water partition coefficient (Wildman–Crippen LogP) is 1.58. The molecular weight excluding hydrogens is 340 g/mol. The van der Waals surface area contributed by atoms with Crippen LogP contribution >= 0.6 is 11.5 Å². The fourth-order valence-electron chi connectivity index (χ4n) is 3.39. The molecule has 0 N–H and O–H groups in total. The van der Waals surface area contributed by atoms with E-state index in [4.69, 9.17) is 14.7 Å². The lowest BCUT2D eigenvalue weighted by molar-refractivity contribution is 0.0657. The minimum atomic E-state index is -0.0847. The van der Waals surface area contributed by atoms with Gasteiger partial charge in [-0.05, 0) is 35.8 Å². The van der Waals surface area contributed by atoms with Gasteiger partial charge in [0.05, 0.1) is 31.0 Å². The van der Waals surface area contributed by atoms with Gasteiger partial charge in [0.2, 0.25) is 0 Å². The molecule has 7 nitrogen and oxygen atoms in total. The summed E-state index contributed by atoms with van der Waals surface area (Å²) >= 11 is 1.18. The summed E-state index contributed by atoms with van der Waals surface area (Å²) in [5.74, 6) is 1.17. The lowest BCUT2D eigenvalue weighted by Gasteiger charge is -2.19. The number of ether oxygens (including phenoxy) is 2. The summed E-state index contributed by atoms with van der Waals surface area (Å²) < 4.78 is 15.5. The third-order valence-electron chi connectivity index (χ3n) is 4.75. The zero-order valence-corrected chi connectivity index (χ0v) is 14.2. The first-order chi connectivity index (χ1) is 12.2. The van der Waals surface area contributed by atoms with E-state index in [0.717, 1.165) is 5.75 Å². The van der Waals surface area contributed by atoms with Crippen molar-refractivity contribution >= 4 is 17.4 Å². The molecule has 0 radical (unpaired) electrons. The van der Waals surface area contributed by atoms with Crippen LogP contribution in [-0.2, 0) is 4.74 Å². The lowest BCUT2D eigenvalue weighted by Crippen LogP contribution is -2.32. The van der Waals surface area contributed by atoms with Crippen LogP contribution in [0.2, 0.25) is 0 Å². The Morgan fingerprint density at radius 3 is 2.96 bits per heavy atom. The molecule has 0 saturated carbocycles. The van der Waals surface area contributed by atoms with Gasteiger partial charge in [0.1, 0.15) is 5.75 Å². The highest BCUT2D eigenvalue weighted by Gasteiger charge is 2.45. The SMILES string of the molecule is N#Cc1ccc(OC[C@@H]2CO[C@@H]3CN(C(=O)c4csnn4)C[C@H]23)cc1. The molecule has 1 aromatic heterocycles. The van der Waals surface area contributed by atoms with Crippen molar-refractivity contribution in [3.8, 4) is 11.8 Å². The molecule has 4 rings (SSSR count). The topological polar surface area (TPSA) is 88.3 Å². The second kappa shape index (κ2) is 6.78. The zero-order chi connectivity index (χ0) is 17.2. The van der Waals surface area contributed by atoms with Crippen molar-refractivity contribution in [3.05, 3.63) is 40.9 Å². The van der Waals surface area contributed by atoms with Crippen molar-refractivity contribution in [2.45, 2.75) is 6.10 Å². The molecule has 8 heteroatoms. The first kappa shape index (κ1) is 16.0. The Bertz CT molecular complexity index is 787. The van der Waals surface area contributed by atoms with Crippen LogP contribution in [-0.4, -0.2) is 52.8 Å². The first-order valence-electron chi connectivity index (χ1n) is 8.05. The maximum absolute atomic E-state index is 12.4. The van der Waals surface area contributed by atoms with Crippen LogP contribution < -0.4 is 4.74 Å². The van der Waals surface area contributed by atoms with Crippen molar-refractivity contribution < 1.29 is 14.3 Å². The second-order valence-corrected chi connectivity index (χ2v) is 6.85. The molecule has 1 aromatic carbocycles. The summed E-state index contributed by atoms with van der Waals surface area (Å²) in [6.07, 6.45) is 0.0603. The minimum Gasteiger partial charge on any atom is -0.493 e. The van der Waals surface area contributed by atoms with Crippen molar-refractivity contribution in [2.75, 3.05) is 26.3 Å². The van der Waals surface area contributed by atoms with Gasteiger partial charge in [-0.15, -0.1) is 5.10 Å². The fourth-order valence-corrected chi connectivity index (χ4v) is 3.82. The molecule has 2 aliphatic heterocycles. The molecule has 3 atom stereocenters. The van der Waals surface area contributed by atoms with Gasteiger partial charge in [0.15, 0.2) is 5.69 Å². The zero-order valence-electron chi connectivity index (χ0n) is 13.4. The van der Waals surface area contributed by atoms with Crippen molar-refractivity contribution in [2.24, 2.45) is 11.8 Å². The number of aromatic nitrogens is 2. The van der Waals surface area contributed by atoms with E-state index in [-0.39, 0.29) is 23.8 Å². The van der Waals surface area contributed by atoms with Gasteiger partial charge in [-0.1, -0.05) is 4.49 Å². The molecule has 0 aliphatic carbocycles. The molecular formula is C17H16N4O3S. The first-order valence-corrected chi connectivity index (χ1v) is 8.89. The van der Waals surface area contributed by atoms with E-state index in [2.05, 4.69) is 15.7 Å². The molecule has 1 amide bonds. The number of nitrogens with zero attached hydrogens (tertiary/aromatic N) is 4. The van der Waals surface area contributed by atoms with Crippen molar-refractivity contribution in [3.63, 3.8) is 0 Å². The van der Waals surface area contributed by atoms with Gasteiger partial charge in [-0.25, -0.2) is 0 Å². The Morgan fingerprint density at radius 1 is 1.40 bits per heavy atom. The summed E-state index contributed by atoms with van der Waals surface area (Å²) in [6, 6.07) is 9.16.